The average Bonchev–Trinajstić information content (AvgIpc) is 2.72. The summed E-state index contributed by atoms with van der Waals surface area (Å²) < 4.78 is 5.07. The third kappa shape index (κ3) is 1.67. The average molecular weight is 316 g/mol. The molecule has 0 amide bonds. The van der Waals surface area contributed by atoms with E-state index in [1.54, 1.807) is 36.4 Å². The van der Waals surface area contributed by atoms with Crippen LogP contribution in [0.4, 0.5) is 11.4 Å². The van der Waals surface area contributed by atoms with Gasteiger partial charge in [0.05, 0.1) is 13.2 Å². The third-order valence-electron chi connectivity index (χ3n) is 4.15. The summed E-state index contributed by atoms with van der Waals surface area (Å²) in [6, 6.07) is 10.3. The smallest absolute Gasteiger partial charge is 0.429 e. The third-order valence-corrected chi connectivity index (χ3v) is 4.39. The SMILES string of the molecule is COc1ccc2c(c1)[N+]1([O-])Cc3cc(Cl)ccc3C=C1[N+]2=O. The molecule has 6 heteroatoms. The molecule has 2 heterocycles. The van der Waals surface area contributed by atoms with Crippen molar-refractivity contribution in [2.45, 2.75) is 6.54 Å². The first-order chi connectivity index (χ1) is 10.5. The second-order valence-electron chi connectivity index (χ2n) is 5.39. The van der Waals surface area contributed by atoms with Crippen LogP contribution < -0.4 is 9.38 Å². The van der Waals surface area contributed by atoms with E-state index >= 15 is 0 Å². The molecule has 0 saturated heterocycles. The summed E-state index contributed by atoms with van der Waals surface area (Å²) in [4.78, 5) is 12.5. The fraction of sp³-hybridized carbons (Fsp3) is 0.125. The van der Waals surface area contributed by atoms with Crippen LogP contribution in [0.3, 0.4) is 0 Å². The van der Waals surface area contributed by atoms with Crippen LogP contribution >= 0.6 is 11.6 Å². The molecule has 0 N–H and O–H groups in total. The van der Waals surface area contributed by atoms with E-state index in [9.17, 15) is 10.1 Å². The van der Waals surface area contributed by atoms with Crippen LogP contribution in [0.1, 0.15) is 11.1 Å². The van der Waals surface area contributed by atoms with Gasteiger partial charge in [-0.25, -0.2) is 4.65 Å². The van der Waals surface area contributed by atoms with Gasteiger partial charge >= 0.3 is 11.5 Å². The Kier molecular flexibility index (Phi) is 2.69. The number of hydrogen-bond acceptors (Lipinski definition) is 3. The van der Waals surface area contributed by atoms with Gasteiger partial charge in [0.25, 0.3) is 0 Å². The van der Waals surface area contributed by atoms with Crippen LogP contribution in [-0.4, -0.2) is 11.9 Å². The molecule has 2 aromatic carbocycles. The maximum absolute atomic E-state index is 13.4. The van der Waals surface area contributed by atoms with Gasteiger partial charge in [0.15, 0.2) is 0 Å². The molecule has 0 saturated carbocycles. The molecule has 4 rings (SSSR count). The zero-order valence-electron chi connectivity index (χ0n) is 11.7. The first-order valence-corrected chi connectivity index (χ1v) is 7.16. The summed E-state index contributed by atoms with van der Waals surface area (Å²) >= 11 is 6.02. The molecule has 2 aliphatic rings. The van der Waals surface area contributed by atoms with Crippen LogP contribution in [-0.2, 0) is 6.54 Å². The highest BCUT2D eigenvalue weighted by atomic mass is 35.5. The summed E-state index contributed by atoms with van der Waals surface area (Å²) in [5, 5.41) is 14.0. The summed E-state index contributed by atoms with van der Waals surface area (Å²) in [6.45, 7) is 0.140. The molecule has 0 spiro atoms. The lowest BCUT2D eigenvalue weighted by molar-refractivity contribution is -0.410. The van der Waals surface area contributed by atoms with E-state index in [2.05, 4.69) is 0 Å². The second-order valence-corrected chi connectivity index (χ2v) is 5.83. The van der Waals surface area contributed by atoms with Gasteiger partial charge in [-0.3, -0.25) is 0 Å². The topological polar surface area (TPSA) is 52.4 Å². The van der Waals surface area contributed by atoms with Gasteiger partial charge in [-0.1, -0.05) is 17.7 Å². The van der Waals surface area contributed by atoms with Crippen molar-refractivity contribution in [3.63, 3.8) is 0 Å². The van der Waals surface area contributed by atoms with E-state index in [4.69, 9.17) is 16.3 Å². The highest BCUT2D eigenvalue weighted by Crippen LogP contribution is 2.50. The lowest BCUT2D eigenvalue weighted by Crippen LogP contribution is -2.41. The van der Waals surface area contributed by atoms with Gasteiger partial charge in [-0.15, -0.1) is 0 Å². The molecule has 0 bridgehead atoms. The molecule has 2 aliphatic heterocycles. The fourth-order valence-corrected chi connectivity index (χ4v) is 3.24. The van der Waals surface area contributed by atoms with E-state index in [1.165, 1.54) is 7.11 Å². The molecule has 22 heavy (non-hydrogen) atoms. The first-order valence-electron chi connectivity index (χ1n) is 6.78. The van der Waals surface area contributed by atoms with Gasteiger partial charge in [-0.05, 0) is 23.8 Å². The fourth-order valence-electron chi connectivity index (χ4n) is 3.04. The van der Waals surface area contributed by atoms with Crippen molar-refractivity contribution in [2.24, 2.45) is 0 Å². The largest absolute Gasteiger partial charge is 0.617 e. The van der Waals surface area contributed by atoms with E-state index in [0.29, 0.717) is 26.9 Å². The van der Waals surface area contributed by atoms with E-state index in [1.807, 2.05) is 6.07 Å². The number of fused-ring (bicyclic) bond motifs is 4. The number of quaternary nitrogens is 1. The van der Waals surface area contributed by atoms with Crippen molar-refractivity contribution in [2.75, 3.05) is 7.11 Å². The van der Waals surface area contributed by atoms with Gasteiger partial charge in [0, 0.05) is 27.6 Å². The predicted molar refractivity (Wildman–Crippen MR) is 84.6 cm³/mol. The Bertz CT molecular complexity index is 862. The number of nitroso groups, excluding NO2 is 1. The number of nitrogens with zero attached hydrogens (tertiary/aromatic N) is 2. The maximum Gasteiger partial charge on any atom is 0.429 e. The summed E-state index contributed by atoms with van der Waals surface area (Å²) in [5.74, 6) is 0.719. The Morgan fingerprint density at radius 3 is 2.86 bits per heavy atom. The minimum Gasteiger partial charge on any atom is -0.617 e. The summed E-state index contributed by atoms with van der Waals surface area (Å²) in [6.07, 6.45) is 1.64. The van der Waals surface area contributed by atoms with Crippen LogP contribution in [0.2, 0.25) is 5.02 Å². The van der Waals surface area contributed by atoms with Crippen LogP contribution in [0, 0.1) is 10.1 Å². The molecule has 110 valence electrons. The highest BCUT2D eigenvalue weighted by molar-refractivity contribution is 6.30. The quantitative estimate of drug-likeness (QED) is 0.452. The number of rotatable bonds is 1. The molecular formula is C16H12ClN2O3+. The van der Waals surface area contributed by atoms with E-state index in [0.717, 1.165) is 11.1 Å². The number of ether oxygens (including phenoxy) is 1. The molecule has 0 radical (unpaired) electrons. The van der Waals surface area contributed by atoms with Gasteiger partial charge in [0.1, 0.15) is 17.1 Å². The Morgan fingerprint density at radius 2 is 2.09 bits per heavy atom. The van der Waals surface area contributed by atoms with E-state index in [-0.39, 0.29) is 12.4 Å². The Labute approximate surface area is 131 Å². The minimum atomic E-state index is -0.816. The number of hydrogen-bond donors (Lipinski definition) is 0. The monoisotopic (exact) mass is 315 g/mol. The van der Waals surface area contributed by atoms with Crippen molar-refractivity contribution >= 4 is 29.1 Å². The highest BCUT2D eigenvalue weighted by Gasteiger charge is 2.54. The molecular weight excluding hydrogens is 304 g/mol. The number of methoxy groups -OCH3 is 1. The van der Waals surface area contributed by atoms with E-state index < -0.39 is 4.65 Å². The number of hydroxylamine groups is 2. The van der Waals surface area contributed by atoms with Crippen molar-refractivity contribution in [3.8, 4) is 5.75 Å². The molecule has 0 aliphatic carbocycles. The maximum atomic E-state index is 13.4. The summed E-state index contributed by atoms with van der Waals surface area (Å²) in [5.41, 5.74) is 2.44. The number of benzene rings is 2. The zero-order chi connectivity index (χ0) is 15.5. The zero-order valence-corrected chi connectivity index (χ0v) is 12.5. The lowest BCUT2D eigenvalue weighted by atomic mass is 10.0. The Hall–Kier alpha value is -2.21. The van der Waals surface area contributed by atoms with Gasteiger partial charge in [0.2, 0.25) is 5.69 Å². The van der Waals surface area contributed by atoms with Crippen LogP contribution in [0.25, 0.3) is 6.08 Å². The normalized spacial score (nSPS) is 21.8. The van der Waals surface area contributed by atoms with Crippen molar-refractivity contribution in [1.29, 1.82) is 0 Å². The Morgan fingerprint density at radius 1 is 1.27 bits per heavy atom. The minimum absolute atomic E-state index is 0.140. The van der Waals surface area contributed by atoms with Gasteiger partial charge < -0.3 is 9.94 Å². The van der Waals surface area contributed by atoms with Gasteiger partial charge in [-0.2, -0.15) is 0 Å². The lowest BCUT2D eigenvalue weighted by Gasteiger charge is -2.35. The standard InChI is InChI=1S/C16H12ClN2O3/c1-22-13-4-5-14-15(8-13)19(21)9-11-6-12(17)3-2-10(11)7-16(19)18(14)20/h2-8H,9H2,1H3/q+1. The van der Waals surface area contributed by atoms with Crippen molar-refractivity contribution < 1.29 is 9.50 Å². The molecule has 1 unspecified atom stereocenters. The molecule has 0 aromatic heterocycles. The molecule has 5 nitrogen and oxygen atoms in total. The Balaban J connectivity index is 1.96. The van der Waals surface area contributed by atoms with Crippen LogP contribution in [0.15, 0.2) is 42.2 Å². The molecule has 1 atom stereocenters. The number of halogens is 1. The molecule has 0 fully saturated rings. The molecule has 2 aromatic rings. The second kappa shape index (κ2) is 4.39. The van der Waals surface area contributed by atoms with Crippen molar-refractivity contribution in [3.05, 3.63) is 68.5 Å². The summed E-state index contributed by atoms with van der Waals surface area (Å²) in [7, 11) is 1.53. The predicted octanol–water partition coefficient (Wildman–Crippen LogP) is 4.09. The van der Waals surface area contributed by atoms with Crippen molar-refractivity contribution in [1.82, 2.24) is 4.65 Å². The van der Waals surface area contributed by atoms with Crippen LogP contribution in [0.5, 0.6) is 5.75 Å². The first kappa shape index (κ1) is 13.5.